The van der Waals surface area contributed by atoms with Gasteiger partial charge in [0.05, 0.1) is 5.69 Å². The number of H-pyrrole nitrogens is 1. The summed E-state index contributed by atoms with van der Waals surface area (Å²) < 4.78 is 5.02. The number of carbonyl (C=O) groups excluding carboxylic acids is 1. The maximum absolute atomic E-state index is 11.5. The summed E-state index contributed by atoms with van der Waals surface area (Å²) in [6, 6.07) is 0.657. The number of alkyl carbamates (subject to hydrolysis) is 1. The fourth-order valence-electron chi connectivity index (χ4n) is 1.44. The largest absolute Gasteiger partial charge is 0.480 e. The van der Waals surface area contributed by atoms with Gasteiger partial charge in [0, 0.05) is 12.1 Å². The van der Waals surface area contributed by atoms with Crippen LogP contribution in [0, 0.1) is 6.92 Å². The van der Waals surface area contributed by atoms with E-state index in [-0.39, 0.29) is 6.42 Å². The normalized spacial score (nSPS) is 12.8. The summed E-state index contributed by atoms with van der Waals surface area (Å²) in [7, 11) is 0. The van der Waals surface area contributed by atoms with Crippen molar-refractivity contribution in [2.75, 3.05) is 0 Å². The minimum atomic E-state index is -1.13. The molecule has 0 aliphatic heterocycles. The lowest BCUT2D eigenvalue weighted by atomic mass is 10.1. The van der Waals surface area contributed by atoms with Crippen molar-refractivity contribution in [1.82, 2.24) is 15.5 Å². The van der Waals surface area contributed by atoms with Crippen molar-refractivity contribution in [3.05, 3.63) is 17.5 Å². The van der Waals surface area contributed by atoms with Crippen molar-refractivity contribution in [2.24, 2.45) is 0 Å². The fraction of sp³-hybridized carbons (Fsp3) is 0.583. The third-order valence-corrected chi connectivity index (χ3v) is 2.16. The van der Waals surface area contributed by atoms with Crippen LogP contribution in [-0.4, -0.2) is 39.0 Å². The second-order valence-electron chi connectivity index (χ2n) is 5.28. The number of carboxylic acid groups (broad SMARTS) is 1. The molecule has 106 valence electrons. The number of ether oxygens (including phenoxy) is 1. The highest BCUT2D eigenvalue weighted by atomic mass is 16.6. The lowest BCUT2D eigenvalue weighted by Crippen LogP contribution is -2.44. The number of amides is 1. The summed E-state index contributed by atoms with van der Waals surface area (Å²) >= 11 is 0. The minimum absolute atomic E-state index is 0.0961. The first-order chi connectivity index (χ1) is 8.67. The average molecular weight is 269 g/mol. The van der Waals surface area contributed by atoms with Gasteiger partial charge in [-0.25, -0.2) is 9.59 Å². The number of carboxylic acids is 1. The number of aliphatic carboxylic acids is 1. The molecule has 0 bridgehead atoms. The minimum Gasteiger partial charge on any atom is -0.480 e. The van der Waals surface area contributed by atoms with E-state index in [0.29, 0.717) is 5.69 Å². The Balaban J connectivity index is 2.63. The van der Waals surface area contributed by atoms with Crippen LogP contribution in [0.4, 0.5) is 4.79 Å². The third kappa shape index (κ3) is 5.41. The Morgan fingerprint density at radius 2 is 2.16 bits per heavy atom. The van der Waals surface area contributed by atoms with Crippen LogP contribution in [0.5, 0.6) is 0 Å². The maximum Gasteiger partial charge on any atom is 0.408 e. The van der Waals surface area contributed by atoms with E-state index >= 15 is 0 Å². The van der Waals surface area contributed by atoms with Crippen LogP contribution in [0.2, 0.25) is 0 Å². The lowest BCUT2D eigenvalue weighted by molar-refractivity contribution is -0.139. The van der Waals surface area contributed by atoms with Gasteiger partial charge in [-0.2, -0.15) is 5.10 Å². The molecule has 7 nitrogen and oxygen atoms in total. The van der Waals surface area contributed by atoms with E-state index < -0.39 is 23.7 Å². The Labute approximate surface area is 111 Å². The van der Waals surface area contributed by atoms with Crippen molar-refractivity contribution in [3.63, 3.8) is 0 Å². The highest BCUT2D eigenvalue weighted by Gasteiger charge is 2.24. The fourth-order valence-corrected chi connectivity index (χ4v) is 1.44. The van der Waals surface area contributed by atoms with E-state index in [2.05, 4.69) is 15.5 Å². The van der Waals surface area contributed by atoms with Crippen LogP contribution >= 0.6 is 0 Å². The van der Waals surface area contributed by atoms with Gasteiger partial charge in [0.2, 0.25) is 0 Å². The van der Waals surface area contributed by atoms with Crippen molar-refractivity contribution in [3.8, 4) is 0 Å². The molecule has 0 fully saturated rings. The molecule has 1 heterocycles. The molecule has 1 amide bonds. The van der Waals surface area contributed by atoms with E-state index in [1.54, 1.807) is 26.8 Å². The molecule has 3 N–H and O–H groups in total. The van der Waals surface area contributed by atoms with E-state index in [1.165, 1.54) is 0 Å². The summed E-state index contributed by atoms with van der Waals surface area (Å²) in [4.78, 5) is 22.6. The predicted molar refractivity (Wildman–Crippen MR) is 67.8 cm³/mol. The summed E-state index contributed by atoms with van der Waals surface area (Å²) in [5.74, 6) is -1.13. The number of rotatable bonds is 4. The number of aromatic nitrogens is 2. The molecule has 0 radical (unpaired) electrons. The van der Waals surface area contributed by atoms with E-state index in [9.17, 15) is 9.59 Å². The molecule has 0 aliphatic carbocycles. The molecule has 1 unspecified atom stereocenters. The van der Waals surface area contributed by atoms with Crippen molar-refractivity contribution < 1.29 is 19.4 Å². The van der Waals surface area contributed by atoms with Gasteiger partial charge < -0.3 is 15.2 Å². The van der Waals surface area contributed by atoms with Crippen LogP contribution in [0.15, 0.2) is 6.07 Å². The molecule has 0 aliphatic rings. The van der Waals surface area contributed by atoms with Gasteiger partial charge in [-0.3, -0.25) is 5.10 Å². The number of aromatic amines is 1. The van der Waals surface area contributed by atoms with Crippen LogP contribution in [0.3, 0.4) is 0 Å². The van der Waals surface area contributed by atoms with Crippen LogP contribution < -0.4 is 5.32 Å². The Morgan fingerprint density at radius 3 is 2.58 bits per heavy atom. The van der Waals surface area contributed by atoms with Gasteiger partial charge in [0.25, 0.3) is 0 Å². The molecule has 1 atom stereocenters. The average Bonchev–Trinajstić information content (AvgIpc) is 2.60. The second-order valence-corrected chi connectivity index (χ2v) is 5.28. The molecular formula is C12H19N3O4. The van der Waals surface area contributed by atoms with E-state index in [4.69, 9.17) is 9.84 Å². The Bertz CT molecular complexity index is 462. The van der Waals surface area contributed by atoms with Gasteiger partial charge in [-0.15, -0.1) is 0 Å². The van der Waals surface area contributed by atoms with E-state index in [1.807, 2.05) is 6.92 Å². The van der Waals surface area contributed by atoms with Gasteiger partial charge in [-0.05, 0) is 33.8 Å². The number of carbonyl (C=O) groups is 2. The zero-order valence-corrected chi connectivity index (χ0v) is 11.5. The van der Waals surface area contributed by atoms with Gasteiger partial charge >= 0.3 is 12.1 Å². The van der Waals surface area contributed by atoms with Crippen molar-refractivity contribution in [1.29, 1.82) is 0 Å². The zero-order chi connectivity index (χ0) is 14.6. The number of nitrogens with one attached hydrogen (secondary N) is 2. The van der Waals surface area contributed by atoms with Gasteiger partial charge in [0.15, 0.2) is 0 Å². The van der Waals surface area contributed by atoms with Gasteiger partial charge in [0.1, 0.15) is 11.6 Å². The molecular weight excluding hydrogens is 250 g/mol. The molecule has 0 saturated heterocycles. The summed E-state index contributed by atoms with van der Waals surface area (Å²) in [6.07, 6.45) is -0.661. The summed E-state index contributed by atoms with van der Waals surface area (Å²) in [6.45, 7) is 6.94. The summed E-state index contributed by atoms with van der Waals surface area (Å²) in [5.41, 5.74) is 0.730. The SMILES string of the molecule is Cc1cc(CC(NC(=O)OC(C)(C)C)C(=O)O)n[nH]1. The molecule has 7 heteroatoms. The first-order valence-electron chi connectivity index (χ1n) is 5.90. The first-order valence-corrected chi connectivity index (χ1v) is 5.90. The summed E-state index contributed by atoms with van der Waals surface area (Å²) in [5, 5.41) is 18.1. The quantitative estimate of drug-likeness (QED) is 0.762. The number of aryl methyl sites for hydroxylation is 1. The predicted octanol–water partition coefficient (Wildman–Crippen LogP) is 1.24. The molecule has 0 saturated carbocycles. The first kappa shape index (κ1) is 15.0. The monoisotopic (exact) mass is 269 g/mol. The molecule has 1 rings (SSSR count). The molecule has 0 spiro atoms. The van der Waals surface area contributed by atoms with Crippen LogP contribution in [0.25, 0.3) is 0 Å². The lowest BCUT2D eigenvalue weighted by Gasteiger charge is -2.21. The van der Waals surface area contributed by atoms with Crippen LogP contribution in [-0.2, 0) is 16.0 Å². The van der Waals surface area contributed by atoms with E-state index in [0.717, 1.165) is 5.69 Å². The number of nitrogens with zero attached hydrogens (tertiary/aromatic N) is 1. The Hall–Kier alpha value is -2.05. The second kappa shape index (κ2) is 5.73. The number of hydrogen-bond donors (Lipinski definition) is 3. The maximum atomic E-state index is 11.5. The molecule has 1 aromatic rings. The molecule has 1 aromatic heterocycles. The zero-order valence-electron chi connectivity index (χ0n) is 11.5. The standard InChI is InChI=1S/C12H19N3O4/c1-7-5-8(15-14-7)6-9(10(16)17)13-11(18)19-12(2,3)4/h5,9H,6H2,1-4H3,(H,13,18)(H,14,15)(H,16,17). The highest BCUT2D eigenvalue weighted by molar-refractivity contribution is 5.80. The third-order valence-electron chi connectivity index (χ3n) is 2.16. The van der Waals surface area contributed by atoms with Crippen molar-refractivity contribution in [2.45, 2.75) is 45.8 Å². The van der Waals surface area contributed by atoms with Crippen molar-refractivity contribution >= 4 is 12.1 Å². The van der Waals surface area contributed by atoms with Crippen LogP contribution in [0.1, 0.15) is 32.2 Å². The smallest absolute Gasteiger partial charge is 0.408 e. The van der Waals surface area contributed by atoms with Gasteiger partial charge in [-0.1, -0.05) is 0 Å². The highest BCUT2D eigenvalue weighted by Crippen LogP contribution is 2.08. The number of hydrogen-bond acceptors (Lipinski definition) is 4. The molecule has 0 aromatic carbocycles. The Morgan fingerprint density at radius 1 is 1.53 bits per heavy atom. The molecule has 19 heavy (non-hydrogen) atoms. The topological polar surface area (TPSA) is 104 Å². The Kier molecular flexibility index (Phi) is 4.52.